The normalized spacial score (nSPS) is 12.0. The number of rotatable bonds is 6. The van der Waals surface area contributed by atoms with Crippen molar-refractivity contribution in [3.05, 3.63) is 89.0 Å². The molecule has 2 heterocycles. The minimum atomic E-state index is -0.598. The van der Waals surface area contributed by atoms with Gasteiger partial charge in [-0.3, -0.25) is 14.8 Å². The van der Waals surface area contributed by atoms with Gasteiger partial charge in [-0.05, 0) is 50.5 Å². The molecule has 0 aliphatic rings. The molecule has 0 saturated carbocycles. The van der Waals surface area contributed by atoms with E-state index < -0.39 is 5.82 Å². The summed E-state index contributed by atoms with van der Waals surface area (Å²) in [4.78, 5) is 31.9. The Morgan fingerprint density at radius 2 is 1.79 bits per heavy atom. The van der Waals surface area contributed by atoms with Crippen LogP contribution in [0.5, 0.6) is 5.88 Å². The Kier molecular flexibility index (Phi) is 6.79. The molecule has 0 fully saturated rings. The van der Waals surface area contributed by atoms with Crippen LogP contribution in [0.1, 0.15) is 11.1 Å². The number of carbonyl (C=O) groups is 1. The van der Waals surface area contributed by atoms with Crippen LogP contribution in [-0.2, 0) is 4.79 Å². The maximum atomic E-state index is 15.2. The van der Waals surface area contributed by atoms with E-state index in [1.165, 1.54) is 24.1 Å². The van der Waals surface area contributed by atoms with Crippen LogP contribution in [-0.4, -0.2) is 64.3 Å². The van der Waals surface area contributed by atoms with Crippen LogP contribution in [0, 0.1) is 5.82 Å². The van der Waals surface area contributed by atoms with E-state index in [0.717, 1.165) is 0 Å². The first kappa shape index (κ1) is 25.3. The molecule has 5 aromatic rings. The number of aromatic nitrogens is 3. The molecule has 0 aliphatic heterocycles. The summed E-state index contributed by atoms with van der Waals surface area (Å²) in [6.45, 7) is 0.148. The van der Waals surface area contributed by atoms with Crippen LogP contribution in [0.15, 0.2) is 72.0 Å². The summed E-state index contributed by atoms with van der Waals surface area (Å²) in [6.07, 6.45) is 3.20. The van der Waals surface area contributed by atoms with Crippen LogP contribution >= 0.6 is 11.6 Å². The van der Waals surface area contributed by atoms with E-state index in [1.54, 1.807) is 55.7 Å². The second kappa shape index (κ2) is 10.2. The summed E-state index contributed by atoms with van der Waals surface area (Å²) in [5.41, 5.74) is 3.89. The minimum absolute atomic E-state index is 0.105. The molecule has 0 saturated heterocycles. The first-order chi connectivity index (χ1) is 18.2. The fraction of sp³-hybridized carbons (Fsp3) is 0.143. The molecule has 0 radical (unpaired) electrons. The standard InChI is InChI=1S/C28H24ClFN6O2/c1-35(2)15-25(37)36(3)24-9-6-18(14-20(24)30)33-27(16-4-8-21-23(12-16)32-11-10-31-21)26-19-7-5-17(29)13-22(19)34-28(26)38/h4-14,34,38H,15H2,1-3H3. The van der Waals surface area contributed by atoms with E-state index in [2.05, 4.69) is 15.0 Å². The molecule has 38 heavy (non-hydrogen) atoms. The average Bonchev–Trinajstić information content (AvgIpc) is 3.20. The van der Waals surface area contributed by atoms with Crippen molar-refractivity contribution in [2.75, 3.05) is 32.6 Å². The van der Waals surface area contributed by atoms with Crippen LogP contribution < -0.4 is 4.90 Å². The van der Waals surface area contributed by atoms with Crippen LogP contribution in [0.25, 0.3) is 21.9 Å². The molecule has 0 spiro atoms. The zero-order chi connectivity index (χ0) is 27.0. The molecule has 0 atom stereocenters. The van der Waals surface area contributed by atoms with Crippen molar-refractivity contribution < 1.29 is 14.3 Å². The second-order valence-corrected chi connectivity index (χ2v) is 9.52. The van der Waals surface area contributed by atoms with Gasteiger partial charge in [-0.25, -0.2) is 9.38 Å². The molecule has 5 rings (SSSR count). The van der Waals surface area contributed by atoms with Crippen LogP contribution in [0.4, 0.5) is 15.8 Å². The van der Waals surface area contributed by atoms with Crippen molar-refractivity contribution in [2.24, 2.45) is 4.99 Å². The number of fused-ring (bicyclic) bond motifs is 2. The number of aromatic hydroxyl groups is 1. The lowest BCUT2D eigenvalue weighted by Gasteiger charge is -2.20. The van der Waals surface area contributed by atoms with Crippen molar-refractivity contribution in [3.8, 4) is 5.88 Å². The van der Waals surface area contributed by atoms with E-state index in [1.807, 2.05) is 18.2 Å². The van der Waals surface area contributed by atoms with Crippen LogP contribution in [0.2, 0.25) is 5.02 Å². The third-order valence-corrected chi connectivity index (χ3v) is 6.31. The van der Waals surface area contributed by atoms with Gasteiger partial charge in [0.2, 0.25) is 5.91 Å². The number of amides is 1. The van der Waals surface area contributed by atoms with E-state index in [4.69, 9.17) is 16.6 Å². The summed E-state index contributed by atoms with van der Waals surface area (Å²) in [5, 5.41) is 12.1. The number of nitrogens with one attached hydrogen (secondary N) is 1. The Bertz CT molecular complexity index is 1720. The van der Waals surface area contributed by atoms with E-state index in [-0.39, 0.29) is 24.0 Å². The second-order valence-electron chi connectivity index (χ2n) is 9.09. The van der Waals surface area contributed by atoms with Crippen LogP contribution in [0.3, 0.4) is 0 Å². The average molecular weight is 531 g/mol. The third kappa shape index (κ3) is 4.93. The summed E-state index contributed by atoms with van der Waals surface area (Å²) < 4.78 is 15.2. The molecule has 192 valence electrons. The fourth-order valence-electron chi connectivity index (χ4n) is 4.25. The van der Waals surface area contributed by atoms with Crippen molar-refractivity contribution in [3.63, 3.8) is 0 Å². The lowest BCUT2D eigenvalue weighted by Crippen LogP contribution is -2.35. The minimum Gasteiger partial charge on any atom is -0.494 e. The van der Waals surface area contributed by atoms with Gasteiger partial charge in [0.1, 0.15) is 5.82 Å². The van der Waals surface area contributed by atoms with Crippen molar-refractivity contribution in [1.82, 2.24) is 19.9 Å². The zero-order valence-corrected chi connectivity index (χ0v) is 21.7. The number of aromatic amines is 1. The first-order valence-electron chi connectivity index (χ1n) is 11.7. The summed E-state index contributed by atoms with van der Waals surface area (Å²) in [6, 6.07) is 15.1. The molecule has 10 heteroatoms. The smallest absolute Gasteiger partial charge is 0.240 e. The number of carbonyl (C=O) groups excluding carboxylic acids is 1. The topological polar surface area (TPSA) is 97.7 Å². The van der Waals surface area contributed by atoms with Gasteiger partial charge in [0.25, 0.3) is 0 Å². The first-order valence-corrected chi connectivity index (χ1v) is 12.1. The van der Waals surface area contributed by atoms with E-state index in [9.17, 15) is 9.90 Å². The van der Waals surface area contributed by atoms with Gasteiger partial charge in [-0.2, -0.15) is 0 Å². The number of benzene rings is 3. The molecule has 0 bridgehead atoms. The molecule has 0 aliphatic carbocycles. The van der Waals surface area contributed by atoms with Crippen molar-refractivity contribution >= 4 is 56.5 Å². The van der Waals surface area contributed by atoms with Gasteiger partial charge in [0, 0.05) is 41.5 Å². The number of likely N-dealkylation sites (N-methyl/N-ethyl adjacent to an activating group) is 2. The van der Waals surface area contributed by atoms with Gasteiger partial charge >= 0.3 is 0 Å². The third-order valence-electron chi connectivity index (χ3n) is 6.08. The van der Waals surface area contributed by atoms with Crippen molar-refractivity contribution in [2.45, 2.75) is 0 Å². The number of halogens is 2. The van der Waals surface area contributed by atoms with Gasteiger partial charge in [-0.15, -0.1) is 0 Å². The maximum absolute atomic E-state index is 15.2. The monoisotopic (exact) mass is 530 g/mol. The van der Waals surface area contributed by atoms with Gasteiger partial charge in [0.05, 0.1) is 45.7 Å². The van der Waals surface area contributed by atoms with Crippen molar-refractivity contribution in [1.29, 1.82) is 0 Å². The molecule has 2 N–H and O–H groups in total. The Balaban J connectivity index is 1.66. The molecular formula is C28H24ClFN6O2. The Morgan fingerprint density at radius 3 is 2.53 bits per heavy atom. The molecule has 2 aromatic heterocycles. The van der Waals surface area contributed by atoms with Gasteiger partial charge in [-0.1, -0.05) is 23.7 Å². The highest BCUT2D eigenvalue weighted by Gasteiger charge is 2.21. The SMILES string of the molecule is CN(C)CC(=O)N(C)c1ccc(N=C(c2ccc3nccnc3c2)c2c(O)[nH]c3cc(Cl)ccc23)cc1F. The number of anilines is 1. The number of nitrogens with zero attached hydrogens (tertiary/aromatic N) is 5. The summed E-state index contributed by atoms with van der Waals surface area (Å²) in [7, 11) is 5.08. The molecule has 3 aromatic carbocycles. The summed E-state index contributed by atoms with van der Waals surface area (Å²) >= 11 is 6.16. The maximum Gasteiger partial charge on any atom is 0.240 e. The highest BCUT2D eigenvalue weighted by Crippen LogP contribution is 2.34. The number of hydrogen-bond donors (Lipinski definition) is 2. The fourth-order valence-corrected chi connectivity index (χ4v) is 4.42. The molecule has 0 unspecified atom stereocenters. The van der Waals surface area contributed by atoms with Gasteiger partial charge in [0.15, 0.2) is 5.88 Å². The summed E-state index contributed by atoms with van der Waals surface area (Å²) in [5.74, 6) is -0.948. The number of hydrogen-bond acceptors (Lipinski definition) is 6. The Morgan fingerprint density at radius 1 is 1.03 bits per heavy atom. The molecular weight excluding hydrogens is 507 g/mol. The zero-order valence-electron chi connectivity index (χ0n) is 20.9. The van der Waals surface area contributed by atoms with Gasteiger partial charge < -0.3 is 19.9 Å². The number of H-pyrrole nitrogens is 1. The van der Waals surface area contributed by atoms with E-state index in [0.29, 0.717) is 49.5 Å². The molecule has 1 amide bonds. The predicted octanol–water partition coefficient (Wildman–Crippen LogP) is 5.30. The number of aliphatic imine (C=N–C) groups is 1. The Hall–Kier alpha value is -4.34. The lowest BCUT2D eigenvalue weighted by molar-refractivity contribution is -0.118. The lowest BCUT2D eigenvalue weighted by atomic mass is 10.00. The highest BCUT2D eigenvalue weighted by atomic mass is 35.5. The molecule has 8 nitrogen and oxygen atoms in total. The largest absolute Gasteiger partial charge is 0.494 e. The Labute approximate surface area is 223 Å². The van der Waals surface area contributed by atoms with E-state index >= 15 is 4.39 Å². The highest BCUT2D eigenvalue weighted by molar-refractivity contribution is 6.31. The quantitative estimate of drug-likeness (QED) is 0.290. The predicted molar refractivity (Wildman–Crippen MR) is 148 cm³/mol.